The lowest BCUT2D eigenvalue weighted by atomic mass is 9.81. The average molecular weight is 261 g/mol. The molecule has 0 aliphatic heterocycles. The van der Waals surface area contributed by atoms with E-state index in [2.05, 4.69) is 6.07 Å². The monoisotopic (exact) mass is 261 g/mol. The molecular formula is C15H19NO3. The first-order valence-corrected chi connectivity index (χ1v) is 6.61. The quantitative estimate of drug-likeness (QED) is 0.905. The zero-order valence-electron chi connectivity index (χ0n) is 11.1. The SMILES string of the molecule is COc1ccc(OC(C#N)C2(O)CCCCC2)cc1. The van der Waals surface area contributed by atoms with Gasteiger partial charge in [-0.05, 0) is 37.1 Å². The summed E-state index contributed by atoms with van der Waals surface area (Å²) in [6, 6.07) is 9.12. The van der Waals surface area contributed by atoms with E-state index in [1.807, 2.05) is 0 Å². The molecule has 1 N–H and O–H groups in total. The van der Waals surface area contributed by atoms with Crippen LogP contribution in [0.5, 0.6) is 11.5 Å². The van der Waals surface area contributed by atoms with Crippen LogP contribution in [0.3, 0.4) is 0 Å². The molecule has 4 heteroatoms. The molecular weight excluding hydrogens is 242 g/mol. The molecule has 0 radical (unpaired) electrons. The minimum Gasteiger partial charge on any atom is -0.497 e. The maximum atomic E-state index is 10.5. The highest BCUT2D eigenvalue weighted by molar-refractivity contribution is 5.32. The van der Waals surface area contributed by atoms with Gasteiger partial charge in [-0.2, -0.15) is 5.26 Å². The molecule has 102 valence electrons. The van der Waals surface area contributed by atoms with E-state index in [4.69, 9.17) is 9.47 Å². The summed E-state index contributed by atoms with van der Waals surface area (Å²) in [6.07, 6.45) is 3.44. The van der Waals surface area contributed by atoms with Crippen LogP contribution in [-0.2, 0) is 0 Å². The van der Waals surface area contributed by atoms with Crippen LogP contribution < -0.4 is 9.47 Å². The Morgan fingerprint density at radius 1 is 1.16 bits per heavy atom. The Labute approximate surface area is 113 Å². The van der Waals surface area contributed by atoms with Gasteiger partial charge < -0.3 is 14.6 Å². The van der Waals surface area contributed by atoms with Crippen molar-refractivity contribution < 1.29 is 14.6 Å². The van der Waals surface area contributed by atoms with E-state index in [1.165, 1.54) is 0 Å². The van der Waals surface area contributed by atoms with Crippen LogP contribution in [-0.4, -0.2) is 23.9 Å². The molecule has 1 fully saturated rings. The summed E-state index contributed by atoms with van der Waals surface area (Å²) in [5.41, 5.74) is -1.02. The lowest BCUT2D eigenvalue weighted by Crippen LogP contribution is -2.46. The summed E-state index contributed by atoms with van der Waals surface area (Å²) in [7, 11) is 1.60. The molecule has 4 nitrogen and oxygen atoms in total. The van der Waals surface area contributed by atoms with E-state index in [0.717, 1.165) is 25.0 Å². The van der Waals surface area contributed by atoms with Gasteiger partial charge >= 0.3 is 0 Å². The van der Waals surface area contributed by atoms with Crippen molar-refractivity contribution in [2.24, 2.45) is 0 Å². The molecule has 0 heterocycles. The van der Waals surface area contributed by atoms with Gasteiger partial charge in [0.25, 0.3) is 0 Å². The minimum absolute atomic E-state index is 0.575. The largest absolute Gasteiger partial charge is 0.497 e. The standard InChI is InChI=1S/C15H19NO3/c1-18-12-5-7-13(8-6-12)19-14(11-16)15(17)9-3-2-4-10-15/h5-8,14,17H,2-4,9-10H2,1H3. The molecule has 1 unspecified atom stereocenters. The van der Waals surface area contributed by atoms with Crippen molar-refractivity contribution in [2.45, 2.75) is 43.8 Å². The molecule has 2 rings (SSSR count). The van der Waals surface area contributed by atoms with E-state index in [0.29, 0.717) is 18.6 Å². The van der Waals surface area contributed by atoms with Crippen LogP contribution in [0.15, 0.2) is 24.3 Å². The van der Waals surface area contributed by atoms with E-state index in [9.17, 15) is 10.4 Å². The van der Waals surface area contributed by atoms with Crippen LogP contribution in [0.1, 0.15) is 32.1 Å². The Bertz CT molecular complexity index is 443. The van der Waals surface area contributed by atoms with E-state index >= 15 is 0 Å². The van der Waals surface area contributed by atoms with E-state index in [-0.39, 0.29) is 0 Å². The molecule has 1 saturated carbocycles. The molecule has 1 aliphatic rings. The van der Waals surface area contributed by atoms with E-state index < -0.39 is 11.7 Å². The third-order valence-electron chi connectivity index (χ3n) is 3.64. The number of rotatable bonds is 4. The fourth-order valence-electron chi connectivity index (χ4n) is 2.47. The number of methoxy groups -OCH3 is 1. The molecule has 0 bridgehead atoms. The number of benzene rings is 1. The van der Waals surface area contributed by atoms with Gasteiger partial charge in [0.2, 0.25) is 6.10 Å². The van der Waals surface area contributed by atoms with Crippen molar-refractivity contribution in [1.29, 1.82) is 5.26 Å². The van der Waals surface area contributed by atoms with Gasteiger partial charge in [-0.1, -0.05) is 19.3 Å². The zero-order chi connectivity index (χ0) is 13.7. The van der Waals surface area contributed by atoms with Crippen LogP contribution in [0.2, 0.25) is 0 Å². The van der Waals surface area contributed by atoms with Crippen LogP contribution in [0, 0.1) is 11.3 Å². The van der Waals surface area contributed by atoms with Crippen molar-refractivity contribution in [3.05, 3.63) is 24.3 Å². The number of hydrogen-bond donors (Lipinski definition) is 1. The molecule has 1 aromatic carbocycles. The maximum absolute atomic E-state index is 10.5. The first kappa shape index (κ1) is 13.7. The van der Waals surface area contributed by atoms with Crippen LogP contribution in [0.25, 0.3) is 0 Å². The summed E-state index contributed by atoms with van der Waals surface area (Å²) in [6.45, 7) is 0. The van der Waals surface area contributed by atoms with Gasteiger partial charge in [0, 0.05) is 0 Å². The van der Waals surface area contributed by atoms with Gasteiger partial charge in [0.1, 0.15) is 23.2 Å². The second-order valence-corrected chi connectivity index (χ2v) is 4.97. The molecule has 1 atom stereocenters. The highest BCUT2D eigenvalue weighted by Crippen LogP contribution is 2.33. The molecule has 19 heavy (non-hydrogen) atoms. The Morgan fingerprint density at radius 3 is 2.26 bits per heavy atom. The summed E-state index contributed by atoms with van der Waals surface area (Å²) in [5, 5.41) is 19.8. The van der Waals surface area contributed by atoms with Gasteiger partial charge in [0.05, 0.1) is 7.11 Å². The topological polar surface area (TPSA) is 62.5 Å². The minimum atomic E-state index is -1.02. The van der Waals surface area contributed by atoms with Crippen molar-refractivity contribution in [3.8, 4) is 17.6 Å². The third kappa shape index (κ3) is 3.18. The van der Waals surface area contributed by atoms with Gasteiger partial charge in [-0.25, -0.2) is 0 Å². The third-order valence-corrected chi connectivity index (χ3v) is 3.64. The lowest BCUT2D eigenvalue weighted by Gasteiger charge is -2.35. The molecule has 1 aliphatic carbocycles. The van der Waals surface area contributed by atoms with Gasteiger partial charge in [0.15, 0.2) is 0 Å². The highest BCUT2D eigenvalue weighted by Gasteiger charge is 2.39. The second kappa shape index (κ2) is 5.94. The van der Waals surface area contributed by atoms with Crippen LogP contribution in [0.4, 0.5) is 0 Å². The Balaban J connectivity index is 2.07. The second-order valence-electron chi connectivity index (χ2n) is 4.97. The smallest absolute Gasteiger partial charge is 0.212 e. The van der Waals surface area contributed by atoms with Crippen molar-refractivity contribution in [3.63, 3.8) is 0 Å². The summed E-state index contributed by atoms with van der Waals surface area (Å²) < 4.78 is 10.7. The van der Waals surface area contributed by atoms with Crippen LogP contribution >= 0.6 is 0 Å². The number of aliphatic hydroxyl groups is 1. The molecule has 0 saturated heterocycles. The summed E-state index contributed by atoms with van der Waals surface area (Å²) >= 11 is 0. The van der Waals surface area contributed by atoms with Gasteiger partial charge in [-0.3, -0.25) is 0 Å². The Kier molecular flexibility index (Phi) is 4.28. The van der Waals surface area contributed by atoms with E-state index in [1.54, 1.807) is 31.4 Å². The summed E-state index contributed by atoms with van der Waals surface area (Å²) in [4.78, 5) is 0. The number of ether oxygens (including phenoxy) is 2. The highest BCUT2D eigenvalue weighted by atomic mass is 16.5. The first-order valence-electron chi connectivity index (χ1n) is 6.61. The number of nitrogens with zero attached hydrogens (tertiary/aromatic N) is 1. The fraction of sp³-hybridized carbons (Fsp3) is 0.533. The lowest BCUT2D eigenvalue weighted by molar-refractivity contribution is -0.0628. The first-order chi connectivity index (χ1) is 9.18. The maximum Gasteiger partial charge on any atom is 0.212 e. The van der Waals surface area contributed by atoms with Crippen molar-refractivity contribution >= 4 is 0 Å². The normalized spacial score (nSPS) is 19.2. The van der Waals surface area contributed by atoms with Crippen molar-refractivity contribution in [1.82, 2.24) is 0 Å². The molecule has 0 spiro atoms. The Morgan fingerprint density at radius 2 is 1.74 bits per heavy atom. The van der Waals surface area contributed by atoms with Crippen molar-refractivity contribution in [2.75, 3.05) is 7.11 Å². The predicted molar refractivity (Wildman–Crippen MR) is 71.1 cm³/mol. The fourth-order valence-corrected chi connectivity index (χ4v) is 2.47. The predicted octanol–water partition coefficient (Wildman–Crippen LogP) is 2.66. The average Bonchev–Trinajstić information content (AvgIpc) is 2.46. The van der Waals surface area contributed by atoms with Gasteiger partial charge in [-0.15, -0.1) is 0 Å². The zero-order valence-corrected chi connectivity index (χ0v) is 11.1. The molecule has 0 amide bonds. The number of nitriles is 1. The molecule has 1 aromatic rings. The summed E-state index contributed by atoms with van der Waals surface area (Å²) in [5.74, 6) is 1.31. The molecule has 0 aromatic heterocycles. The Hall–Kier alpha value is -1.73. The number of hydrogen-bond acceptors (Lipinski definition) is 4.